The zero-order valence-corrected chi connectivity index (χ0v) is 16.9. The lowest BCUT2D eigenvalue weighted by Gasteiger charge is -2.36. The van der Waals surface area contributed by atoms with Crippen LogP contribution in [0.25, 0.3) is 0 Å². The maximum atomic E-state index is 12.7. The number of ether oxygens (including phenoxy) is 1. The Morgan fingerprint density at radius 3 is 2.40 bits per heavy atom. The topological polar surface area (TPSA) is 122 Å². The van der Waals surface area contributed by atoms with Gasteiger partial charge >= 0.3 is 6.09 Å². The molecule has 3 heterocycles. The molecule has 0 atom stereocenters. The van der Waals surface area contributed by atoms with Crippen LogP contribution in [-0.2, 0) is 0 Å². The number of aromatic nitrogens is 1. The second kappa shape index (κ2) is 9.08. The lowest BCUT2D eigenvalue weighted by atomic mass is 10.0. The van der Waals surface area contributed by atoms with E-state index in [4.69, 9.17) is 16.2 Å². The molecule has 2 aromatic rings. The monoisotopic (exact) mass is 409 g/mol. The van der Waals surface area contributed by atoms with Gasteiger partial charge in [0.25, 0.3) is 0 Å². The fourth-order valence-corrected chi connectivity index (χ4v) is 3.98. The highest BCUT2D eigenvalue weighted by atomic mass is 16.6. The molecular weight excluding hydrogens is 382 g/mol. The summed E-state index contributed by atoms with van der Waals surface area (Å²) in [5.74, 6) is 0.860. The molecule has 1 aromatic carbocycles. The number of nitrogens with zero attached hydrogens (tertiary/aromatic N) is 5. The first-order valence-electron chi connectivity index (χ1n) is 10.3. The van der Waals surface area contributed by atoms with Crippen molar-refractivity contribution in [2.45, 2.75) is 31.7 Å². The van der Waals surface area contributed by atoms with Crippen molar-refractivity contribution < 1.29 is 9.53 Å². The fourth-order valence-electron chi connectivity index (χ4n) is 3.98. The van der Waals surface area contributed by atoms with Gasteiger partial charge < -0.3 is 26.0 Å². The van der Waals surface area contributed by atoms with Gasteiger partial charge in [-0.15, -0.1) is 10.2 Å². The number of hydrogen-bond acceptors (Lipinski definition) is 8. The molecule has 0 saturated carbocycles. The summed E-state index contributed by atoms with van der Waals surface area (Å²) in [4.78, 5) is 21.0. The van der Waals surface area contributed by atoms with E-state index in [0.29, 0.717) is 42.1 Å². The molecule has 0 aliphatic carbocycles. The third-order valence-electron chi connectivity index (χ3n) is 5.63. The van der Waals surface area contributed by atoms with Gasteiger partial charge in [-0.3, -0.25) is 0 Å². The van der Waals surface area contributed by atoms with Crippen LogP contribution in [0.1, 0.15) is 25.7 Å². The molecule has 2 aliphatic heterocycles. The van der Waals surface area contributed by atoms with Crippen molar-refractivity contribution in [3.05, 3.63) is 36.4 Å². The quantitative estimate of drug-likeness (QED) is 0.742. The Hall–Kier alpha value is -3.20. The van der Waals surface area contributed by atoms with Gasteiger partial charge in [-0.1, -0.05) is 12.1 Å². The van der Waals surface area contributed by atoms with E-state index in [2.05, 4.69) is 20.1 Å². The van der Waals surface area contributed by atoms with Crippen molar-refractivity contribution in [1.29, 1.82) is 0 Å². The number of rotatable bonds is 4. The van der Waals surface area contributed by atoms with Gasteiger partial charge in [-0.2, -0.15) is 0 Å². The molecule has 2 aliphatic rings. The van der Waals surface area contributed by atoms with Gasteiger partial charge in [0.1, 0.15) is 17.2 Å². The third-order valence-corrected chi connectivity index (χ3v) is 5.63. The summed E-state index contributed by atoms with van der Waals surface area (Å²) in [6.07, 6.45) is 4.18. The van der Waals surface area contributed by atoms with Crippen molar-refractivity contribution >= 4 is 29.1 Å². The van der Waals surface area contributed by atoms with Gasteiger partial charge in [0.05, 0.1) is 0 Å². The van der Waals surface area contributed by atoms with Crippen LogP contribution < -0.4 is 16.2 Å². The first kappa shape index (κ1) is 20.1. The molecule has 9 heteroatoms. The lowest BCUT2D eigenvalue weighted by molar-refractivity contribution is 0.110. The molecular formula is C21H27N7O2. The number of benzene rings is 1. The Morgan fingerprint density at radius 1 is 0.967 bits per heavy atom. The summed E-state index contributed by atoms with van der Waals surface area (Å²) in [6.45, 7) is 3.78. The molecule has 1 amide bonds. The highest BCUT2D eigenvalue weighted by molar-refractivity contribution is 5.73. The minimum absolute atomic E-state index is 0.189. The molecule has 4 N–H and O–H groups in total. The van der Waals surface area contributed by atoms with E-state index in [0.717, 1.165) is 12.8 Å². The number of carbonyl (C=O) groups is 1. The number of carbonyl (C=O) groups excluding carboxylic acids is 1. The van der Waals surface area contributed by atoms with E-state index in [-0.39, 0.29) is 11.9 Å². The molecule has 2 fully saturated rings. The fraction of sp³-hybridized carbons (Fsp3) is 0.429. The predicted molar refractivity (Wildman–Crippen MR) is 115 cm³/mol. The molecule has 0 radical (unpaired) electrons. The van der Waals surface area contributed by atoms with Crippen molar-refractivity contribution in [3.63, 3.8) is 0 Å². The molecule has 0 bridgehead atoms. The van der Waals surface area contributed by atoms with E-state index in [1.807, 2.05) is 0 Å². The number of nitrogen functional groups attached to an aromatic ring is 2. The van der Waals surface area contributed by atoms with E-state index in [9.17, 15) is 4.79 Å². The van der Waals surface area contributed by atoms with Gasteiger partial charge in [0.15, 0.2) is 11.6 Å². The van der Waals surface area contributed by atoms with Crippen molar-refractivity contribution in [3.8, 4) is 5.75 Å². The van der Waals surface area contributed by atoms with Crippen LogP contribution >= 0.6 is 0 Å². The van der Waals surface area contributed by atoms with Crippen molar-refractivity contribution in [2.24, 2.45) is 10.2 Å². The lowest BCUT2D eigenvalue weighted by Crippen LogP contribution is -2.46. The maximum absolute atomic E-state index is 12.7. The van der Waals surface area contributed by atoms with E-state index in [1.54, 1.807) is 41.3 Å². The minimum atomic E-state index is -0.355. The van der Waals surface area contributed by atoms with Crippen LogP contribution in [-0.4, -0.2) is 53.1 Å². The van der Waals surface area contributed by atoms with Gasteiger partial charge in [0, 0.05) is 19.1 Å². The molecule has 30 heavy (non-hydrogen) atoms. The Morgan fingerprint density at radius 2 is 1.67 bits per heavy atom. The Bertz CT molecular complexity index is 919. The van der Waals surface area contributed by atoms with Crippen LogP contribution in [0.15, 0.2) is 46.6 Å². The number of amides is 1. The largest absolute Gasteiger partial charge is 0.415 e. The van der Waals surface area contributed by atoms with E-state index < -0.39 is 0 Å². The zero-order chi connectivity index (χ0) is 20.9. The van der Waals surface area contributed by atoms with Gasteiger partial charge in [-0.25, -0.2) is 9.78 Å². The zero-order valence-electron chi connectivity index (χ0n) is 16.9. The number of nitrogens with two attached hydrogens (primary N) is 2. The molecule has 158 valence electrons. The van der Waals surface area contributed by atoms with Crippen molar-refractivity contribution in [1.82, 2.24) is 14.8 Å². The summed E-state index contributed by atoms with van der Waals surface area (Å²) in [7, 11) is 0. The van der Waals surface area contributed by atoms with Crippen LogP contribution in [0.3, 0.4) is 0 Å². The smallest absolute Gasteiger partial charge is 0.408 e. The average molecular weight is 409 g/mol. The number of para-hydroxylation sites is 1. The first-order chi connectivity index (χ1) is 14.6. The summed E-state index contributed by atoms with van der Waals surface area (Å²) in [6, 6.07) is 10.8. The van der Waals surface area contributed by atoms with Crippen LogP contribution in [0.2, 0.25) is 0 Å². The standard InChI is InChI=1S/C21H27N7O2/c22-19-8-7-17(20(23)24-19)26-25-16-5-1-2-6-18(16)30-21(29)28-13-9-15(10-14-28)27-11-3-4-12-27/h1-2,5-8,15H,3-4,9-14H2,(H4,22,23,24)/b26-25+. The number of azo groups is 1. The SMILES string of the molecule is Nc1ccc(/N=N/c2ccccc2OC(=O)N2CCC(N3CCCC3)CC2)c(N)n1. The minimum Gasteiger partial charge on any atom is -0.408 e. The number of piperidine rings is 1. The molecule has 1 aromatic heterocycles. The second-order valence-corrected chi connectivity index (χ2v) is 7.64. The Kier molecular flexibility index (Phi) is 6.08. The summed E-state index contributed by atoms with van der Waals surface area (Å²) >= 11 is 0. The first-order valence-corrected chi connectivity index (χ1v) is 10.3. The molecule has 2 saturated heterocycles. The Balaban J connectivity index is 1.39. The highest BCUT2D eigenvalue weighted by Gasteiger charge is 2.29. The second-order valence-electron chi connectivity index (χ2n) is 7.64. The number of hydrogen-bond donors (Lipinski definition) is 2. The van der Waals surface area contributed by atoms with Crippen LogP contribution in [0.4, 0.5) is 27.8 Å². The van der Waals surface area contributed by atoms with Crippen LogP contribution in [0, 0.1) is 0 Å². The summed E-state index contributed by atoms with van der Waals surface area (Å²) in [5.41, 5.74) is 12.3. The van der Waals surface area contributed by atoms with Crippen molar-refractivity contribution in [2.75, 3.05) is 37.6 Å². The van der Waals surface area contributed by atoms with E-state index >= 15 is 0 Å². The van der Waals surface area contributed by atoms with E-state index in [1.165, 1.54) is 25.9 Å². The maximum Gasteiger partial charge on any atom is 0.415 e. The summed E-state index contributed by atoms with van der Waals surface area (Å²) < 4.78 is 5.64. The number of pyridine rings is 1. The normalized spacial score (nSPS) is 18.2. The predicted octanol–water partition coefficient (Wildman–Crippen LogP) is 3.72. The van der Waals surface area contributed by atoms with Crippen LogP contribution in [0.5, 0.6) is 5.75 Å². The number of likely N-dealkylation sites (tertiary alicyclic amines) is 2. The summed E-state index contributed by atoms with van der Waals surface area (Å²) in [5, 5.41) is 8.31. The molecule has 4 rings (SSSR count). The molecule has 0 unspecified atom stereocenters. The molecule has 0 spiro atoms. The highest BCUT2D eigenvalue weighted by Crippen LogP contribution is 2.31. The molecule has 9 nitrogen and oxygen atoms in total. The number of anilines is 2. The Labute approximate surface area is 175 Å². The average Bonchev–Trinajstić information content (AvgIpc) is 3.29. The van der Waals surface area contributed by atoms with Gasteiger partial charge in [-0.05, 0) is 63.0 Å². The third kappa shape index (κ3) is 4.68. The van der Waals surface area contributed by atoms with Gasteiger partial charge in [0.2, 0.25) is 0 Å².